The van der Waals surface area contributed by atoms with E-state index in [1.54, 1.807) is 0 Å². The molecule has 2 heterocycles. The van der Waals surface area contributed by atoms with Gasteiger partial charge in [-0.3, -0.25) is 15.0 Å². The molecule has 13 heteroatoms. The maximum absolute atomic E-state index is 12.4. The molecule has 34 heavy (non-hydrogen) atoms. The van der Waals surface area contributed by atoms with Crippen molar-refractivity contribution in [3.63, 3.8) is 0 Å². The molecule has 1 aliphatic rings. The molecular weight excluding hydrogens is 500 g/mol. The Morgan fingerprint density at radius 2 is 1.74 bits per heavy atom. The lowest BCUT2D eigenvalue weighted by molar-refractivity contribution is -0.384. The number of nitro groups is 1. The van der Waals surface area contributed by atoms with Crippen LogP contribution in [-0.4, -0.2) is 66.9 Å². The molecule has 2 aromatic carbocycles. The van der Waals surface area contributed by atoms with E-state index in [0.29, 0.717) is 18.0 Å². The summed E-state index contributed by atoms with van der Waals surface area (Å²) in [5.74, 6) is 0.783. The minimum atomic E-state index is -3.72. The second-order valence-corrected chi connectivity index (χ2v) is 10.7. The molecule has 1 aromatic heterocycles. The number of non-ortho nitro benzene ring substituents is 1. The van der Waals surface area contributed by atoms with Gasteiger partial charge in [0.25, 0.3) is 5.69 Å². The number of piperazine rings is 1. The SMILES string of the molecule is O=[N+]([O-])c1ccc(S(=O)(=O)NCCN2CCN(c3nc(Cc4ccc(Cl)cc4)ns3)CC2)cc1. The number of aromatic nitrogens is 2. The zero-order valence-electron chi connectivity index (χ0n) is 18.1. The number of hydrogen-bond donors (Lipinski definition) is 1. The molecule has 1 aliphatic heterocycles. The summed E-state index contributed by atoms with van der Waals surface area (Å²) >= 11 is 7.32. The highest BCUT2D eigenvalue weighted by molar-refractivity contribution is 7.89. The highest BCUT2D eigenvalue weighted by Crippen LogP contribution is 2.21. The van der Waals surface area contributed by atoms with Crippen LogP contribution in [0, 0.1) is 10.1 Å². The first-order valence-corrected chi connectivity index (χ1v) is 13.2. The topological polar surface area (TPSA) is 122 Å². The van der Waals surface area contributed by atoms with Crippen molar-refractivity contribution in [2.45, 2.75) is 11.3 Å². The lowest BCUT2D eigenvalue weighted by Crippen LogP contribution is -2.48. The van der Waals surface area contributed by atoms with E-state index in [-0.39, 0.29) is 17.1 Å². The summed E-state index contributed by atoms with van der Waals surface area (Å²) in [6.45, 7) is 3.95. The van der Waals surface area contributed by atoms with Crippen molar-refractivity contribution in [1.82, 2.24) is 19.0 Å². The minimum Gasteiger partial charge on any atom is -0.344 e. The van der Waals surface area contributed by atoms with Crippen molar-refractivity contribution in [3.05, 3.63) is 75.1 Å². The summed E-state index contributed by atoms with van der Waals surface area (Å²) in [5, 5.41) is 12.3. The third kappa shape index (κ3) is 6.27. The van der Waals surface area contributed by atoms with Gasteiger partial charge in [-0.2, -0.15) is 4.37 Å². The standard InChI is InChI=1S/C21H23ClN6O4S2/c22-17-3-1-16(2-4-17)15-20-24-21(33-25-20)27-13-11-26(12-14-27)10-9-23-34(31,32)19-7-5-18(6-8-19)28(29)30/h1-8,23H,9-15H2. The van der Waals surface area contributed by atoms with Crippen LogP contribution < -0.4 is 9.62 Å². The first-order chi connectivity index (χ1) is 16.3. The fraction of sp³-hybridized carbons (Fsp3) is 0.333. The molecule has 1 N–H and O–H groups in total. The third-order valence-corrected chi connectivity index (χ3v) is 8.00. The first kappa shape index (κ1) is 24.5. The monoisotopic (exact) mass is 522 g/mol. The number of rotatable bonds is 9. The van der Waals surface area contributed by atoms with E-state index < -0.39 is 14.9 Å². The predicted molar refractivity (Wildman–Crippen MR) is 131 cm³/mol. The summed E-state index contributed by atoms with van der Waals surface area (Å²) in [5.41, 5.74) is 0.957. The molecule has 0 bridgehead atoms. The van der Waals surface area contributed by atoms with Crippen molar-refractivity contribution < 1.29 is 13.3 Å². The van der Waals surface area contributed by atoms with E-state index in [4.69, 9.17) is 11.6 Å². The Bertz CT molecular complexity index is 1230. The number of nitrogens with one attached hydrogen (secondary N) is 1. The van der Waals surface area contributed by atoms with Crippen LogP contribution in [0.5, 0.6) is 0 Å². The van der Waals surface area contributed by atoms with E-state index in [0.717, 1.165) is 42.7 Å². The van der Waals surface area contributed by atoms with Gasteiger partial charge < -0.3 is 4.90 Å². The van der Waals surface area contributed by atoms with Crippen LogP contribution in [0.25, 0.3) is 0 Å². The molecular formula is C21H23ClN6O4S2. The van der Waals surface area contributed by atoms with Crippen LogP contribution in [0.1, 0.15) is 11.4 Å². The van der Waals surface area contributed by atoms with Gasteiger partial charge >= 0.3 is 0 Å². The largest absolute Gasteiger partial charge is 0.344 e. The van der Waals surface area contributed by atoms with Crippen molar-refractivity contribution in [1.29, 1.82) is 0 Å². The van der Waals surface area contributed by atoms with Crippen LogP contribution in [0.15, 0.2) is 53.4 Å². The average Bonchev–Trinajstić information content (AvgIpc) is 3.29. The number of nitrogens with zero attached hydrogens (tertiary/aromatic N) is 5. The molecule has 0 saturated carbocycles. The molecule has 0 amide bonds. The molecule has 0 spiro atoms. The van der Waals surface area contributed by atoms with E-state index in [1.807, 2.05) is 24.3 Å². The Balaban J connectivity index is 1.22. The van der Waals surface area contributed by atoms with Crippen LogP contribution in [-0.2, 0) is 16.4 Å². The van der Waals surface area contributed by atoms with Gasteiger partial charge in [0.15, 0.2) is 0 Å². The molecule has 3 aromatic rings. The zero-order chi connectivity index (χ0) is 24.1. The molecule has 1 fully saturated rings. The summed E-state index contributed by atoms with van der Waals surface area (Å²) in [6, 6.07) is 12.5. The maximum Gasteiger partial charge on any atom is 0.269 e. The van der Waals surface area contributed by atoms with Crippen molar-refractivity contribution in [3.8, 4) is 0 Å². The van der Waals surface area contributed by atoms with Gasteiger partial charge in [0.05, 0.1) is 9.82 Å². The smallest absolute Gasteiger partial charge is 0.269 e. The molecule has 0 atom stereocenters. The second-order valence-electron chi connectivity index (χ2n) is 7.77. The average molecular weight is 523 g/mol. The van der Waals surface area contributed by atoms with E-state index in [9.17, 15) is 18.5 Å². The lowest BCUT2D eigenvalue weighted by atomic mass is 10.1. The van der Waals surface area contributed by atoms with Crippen molar-refractivity contribution >= 4 is 44.0 Å². The molecule has 1 saturated heterocycles. The van der Waals surface area contributed by atoms with Gasteiger partial charge in [0, 0.05) is 74.4 Å². The van der Waals surface area contributed by atoms with Crippen LogP contribution in [0.4, 0.5) is 10.8 Å². The summed E-state index contributed by atoms with van der Waals surface area (Å²) < 4.78 is 31.9. The summed E-state index contributed by atoms with van der Waals surface area (Å²) in [6.07, 6.45) is 0.655. The number of benzene rings is 2. The van der Waals surface area contributed by atoms with Crippen molar-refractivity contribution in [2.24, 2.45) is 0 Å². The summed E-state index contributed by atoms with van der Waals surface area (Å²) in [7, 11) is -3.72. The quantitative estimate of drug-likeness (QED) is 0.336. The van der Waals surface area contributed by atoms with Gasteiger partial charge in [-0.1, -0.05) is 23.7 Å². The number of halogens is 1. The van der Waals surface area contributed by atoms with E-state index in [2.05, 4.69) is 23.9 Å². The Morgan fingerprint density at radius 1 is 1.06 bits per heavy atom. The predicted octanol–water partition coefficient (Wildman–Crippen LogP) is 2.79. The van der Waals surface area contributed by atoms with Gasteiger partial charge in [0.2, 0.25) is 15.2 Å². The molecule has 10 nitrogen and oxygen atoms in total. The molecule has 4 rings (SSSR count). The molecule has 180 valence electrons. The normalized spacial score (nSPS) is 14.9. The Labute approximate surface area is 206 Å². The fourth-order valence-electron chi connectivity index (χ4n) is 3.56. The number of hydrogen-bond acceptors (Lipinski definition) is 9. The van der Waals surface area contributed by atoms with Crippen LogP contribution >= 0.6 is 23.1 Å². The highest BCUT2D eigenvalue weighted by Gasteiger charge is 2.21. The first-order valence-electron chi connectivity index (χ1n) is 10.6. The van der Waals surface area contributed by atoms with Gasteiger partial charge in [-0.25, -0.2) is 18.1 Å². The Morgan fingerprint density at radius 3 is 2.38 bits per heavy atom. The third-order valence-electron chi connectivity index (χ3n) is 5.45. The lowest BCUT2D eigenvalue weighted by Gasteiger charge is -2.34. The van der Waals surface area contributed by atoms with Gasteiger partial charge in [-0.15, -0.1) is 0 Å². The fourth-order valence-corrected chi connectivity index (χ4v) is 5.44. The highest BCUT2D eigenvalue weighted by atomic mass is 35.5. The van der Waals surface area contributed by atoms with Crippen molar-refractivity contribution in [2.75, 3.05) is 44.2 Å². The number of anilines is 1. The zero-order valence-corrected chi connectivity index (χ0v) is 20.5. The second kappa shape index (κ2) is 10.7. The maximum atomic E-state index is 12.4. The molecule has 0 radical (unpaired) electrons. The van der Waals surface area contributed by atoms with Crippen LogP contribution in [0.2, 0.25) is 5.02 Å². The van der Waals surface area contributed by atoms with Crippen LogP contribution in [0.3, 0.4) is 0 Å². The van der Waals surface area contributed by atoms with E-state index >= 15 is 0 Å². The Kier molecular flexibility index (Phi) is 7.73. The molecule has 0 aliphatic carbocycles. The number of sulfonamides is 1. The Hall–Kier alpha value is -2.64. The van der Waals surface area contributed by atoms with E-state index in [1.165, 1.54) is 35.8 Å². The summed E-state index contributed by atoms with van der Waals surface area (Å²) in [4.78, 5) is 19.2. The molecule has 0 unspecified atom stereocenters. The van der Waals surface area contributed by atoms with Gasteiger partial charge in [-0.05, 0) is 29.8 Å². The number of nitro benzene ring substituents is 1. The van der Waals surface area contributed by atoms with Gasteiger partial charge in [0.1, 0.15) is 5.82 Å². The minimum absolute atomic E-state index is 0.00796.